The van der Waals surface area contributed by atoms with Gasteiger partial charge in [0.15, 0.2) is 5.82 Å². The number of ether oxygens (including phenoxy) is 1. The molecular formula is C15H14ClFN2O2. The molecule has 110 valence electrons. The minimum Gasteiger partial charge on any atom is -0.462 e. The number of benzene rings is 1. The monoisotopic (exact) mass is 308 g/mol. The van der Waals surface area contributed by atoms with Crippen molar-refractivity contribution in [2.75, 3.05) is 6.61 Å². The summed E-state index contributed by atoms with van der Waals surface area (Å²) in [5, 5.41) is 0.00335. The van der Waals surface area contributed by atoms with Gasteiger partial charge in [-0.15, -0.1) is 0 Å². The number of aromatic nitrogens is 2. The summed E-state index contributed by atoms with van der Waals surface area (Å²) in [6, 6.07) is 4.25. The third-order valence-corrected chi connectivity index (χ3v) is 3.17. The Morgan fingerprint density at radius 1 is 1.38 bits per heavy atom. The highest BCUT2D eigenvalue weighted by Gasteiger charge is 2.15. The van der Waals surface area contributed by atoms with E-state index in [1.54, 1.807) is 13.0 Å². The van der Waals surface area contributed by atoms with Crippen LogP contribution in [0.15, 0.2) is 24.4 Å². The molecule has 2 rings (SSSR count). The molecular weight excluding hydrogens is 295 g/mol. The molecule has 0 amide bonds. The topological polar surface area (TPSA) is 52.1 Å². The van der Waals surface area contributed by atoms with Crippen LogP contribution in [-0.4, -0.2) is 22.5 Å². The van der Waals surface area contributed by atoms with Crippen molar-refractivity contribution in [1.82, 2.24) is 9.97 Å². The van der Waals surface area contributed by atoms with Crippen molar-refractivity contribution < 1.29 is 13.9 Å². The van der Waals surface area contributed by atoms with Crippen LogP contribution in [0.3, 0.4) is 0 Å². The Hall–Kier alpha value is -2.01. The summed E-state index contributed by atoms with van der Waals surface area (Å²) in [4.78, 5) is 20.3. The van der Waals surface area contributed by atoms with E-state index < -0.39 is 11.8 Å². The van der Waals surface area contributed by atoms with Gasteiger partial charge in [0, 0.05) is 11.8 Å². The molecule has 21 heavy (non-hydrogen) atoms. The summed E-state index contributed by atoms with van der Waals surface area (Å²) in [6.45, 7) is 3.91. The minimum atomic E-state index is -0.501. The zero-order valence-electron chi connectivity index (χ0n) is 11.7. The van der Waals surface area contributed by atoms with E-state index in [2.05, 4.69) is 9.97 Å². The number of aryl methyl sites for hydroxylation is 1. The zero-order chi connectivity index (χ0) is 15.4. The molecule has 0 bridgehead atoms. The summed E-state index contributed by atoms with van der Waals surface area (Å²) in [7, 11) is 0. The molecule has 0 atom stereocenters. The van der Waals surface area contributed by atoms with Gasteiger partial charge < -0.3 is 4.74 Å². The Morgan fingerprint density at radius 2 is 2.14 bits per heavy atom. The zero-order valence-corrected chi connectivity index (χ0v) is 12.4. The number of carbonyl (C=O) groups is 1. The van der Waals surface area contributed by atoms with Crippen molar-refractivity contribution in [3.63, 3.8) is 0 Å². The van der Waals surface area contributed by atoms with Crippen LogP contribution >= 0.6 is 11.6 Å². The summed E-state index contributed by atoms with van der Waals surface area (Å²) in [5.41, 5.74) is 1.52. The predicted molar refractivity (Wildman–Crippen MR) is 77.8 cm³/mol. The summed E-state index contributed by atoms with van der Waals surface area (Å²) in [6.07, 6.45) is 1.98. The molecule has 1 aromatic carbocycles. The highest BCUT2D eigenvalue weighted by atomic mass is 35.5. The number of halogens is 2. The van der Waals surface area contributed by atoms with Gasteiger partial charge in [-0.05, 0) is 31.5 Å². The van der Waals surface area contributed by atoms with Crippen molar-refractivity contribution in [2.24, 2.45) is 0 Å². The summed E-state index contributed by atoms with van der Waals surface area (Å²) in [5.74, 6) is -0.556. The molecule has 0 radical (unpaired) electrons. The van der Waals surface area contributed by atoms with Crippen LogP contribution in [0.1, 0.15) is 29.9 Å². The van der Waals surface area contributed by atoms with E-state index in [1.165, 1.54) is 18.3 Å². The number of nitrogens with zero attached hydrogens (tertiary/aromatic N) is 2. The third kappa shape index (κ3) is 3.36. The number of rotatable bonds is 4. The smallest absolute Gasteiger partial charge is 0.341 e. The molecule has 2 aromatic rings. The van der Waals surface area contributed by atoms with Crippen LogP contribution in [0.5, 0.6) is 0 Å². The van der Waals surface area contributed by atoms with Crippen LogP contribution in [-0.2, 0) is 11.2 Å². The van der Waals surface area contributed by atoms with Crippen LogP contribution in [0, 0.1) is 5.82 Å². The molecule has 1 heterocycles. The van der Waals surface area contributed by atoms with Gasteiger partial charge in [0.25, 0.3) is 0 Å². The lowest BCUT2D eigenvalue weighted by Crippen LogP contribution is -2.11. The molecule has 0 aliphatic heterocycles. The van der Waals surface area contributed by atoms with E-state index in [9.17, 15) is 9.18 Å². The van der Waals surface area contributed by atoms with Gasteiger partial charge in [0.05, 0.1) is 22.9 Å². The third-order valence-electron chi connectivity index (χ3n) is 2.88. The first-order valence-corrected chi connectivity index (χ1v) is 6.93. The number of esters is 1. The molecule has 0 unspecified atom stereocenters. The van der Waals surface area contributed by atoms with Gasteiger partial charge in [-0.3, -0.25) is 0 Å². The second-order valence-corrected chi connectivity index (χ2v) is 4.66. The fourth-order valence-corrected chi connectivity index (χ4v) is 2.02. The largest absolute Gasteiger partial charge is 0.462 e. The van der Waals surface area contributed by atoms with Crippen molar-refractivity contribution >= 4 is 17.6 Å². The second kappa shape index (κ2) is 6.63. The van der Waals surface area contributed by atoms with E-state index in [0.29, 0.717) is 29.1 Å². The standard InChI is InChI=1S/C15H14ClFN2O2/c1-3-13-10(15(20)21-4-2)8-18-14(19-13)9-5-6-12(17)11(16)7-9/h5-8H,3-4H2,1-2H3. The fraction of sp³-hybridized carbons (Fsp3) is 0.267. The van der Waals surface area contributed by atoms with Gasteiger partial charge in [-0.1, -0.05) is 18.5 Å². The first kappa shape index (κ1) is 15.4. The van der Waals surface area contributed by atoms with Gasteiger partial charge in [0.2, 0.25) is 0 Å². The quantitative estimate of drug-likeness (QED) is 0.809. The molecule has 6 heteroatoms. The van der Waals surface area contributed by atoms with Crippen molar-refractivity contribution in [1.29, 1.82) is 0 Å². The molecule has 0 fully saturated rings. The van der Waals surface area contributed by atoms with Crippen molar-refractivity contribution in [3.05, 3.63) is 46.5 Å². The molecule has 0 saturated carbocycles. The SMILES string of the molecule is CCOC(=O)c1cnc(-c2ccc(F)c(Cl)c2)nc1CC. The molecule has 0 aliphatic rings. The molecule has 0 saturated heterocycles. The lowest BCUT2D eigenvalue weighted by atomic mass is 10.1. The van der Waals surface area contributed by atoms with Gasteiger partial charge in [0.1, 0.15) is 5.82 Å². The van der Waals surface area contributed by atoms with E-state index in [-0.39, 0.29) is 11.6 Å². The highest BCUT2D eigenvalue weighted by molar-refractivity contribution is 6.31. The van der Waals surface area contributed by atoms with E-state index in [1.807, 2.05) is 6.92 Å². The van der Waals surface area contributed by atoms with Crippen LogP contribution < -0.4 is 0 Å². The van der Waals surface area contributed by atoms with E-state index in [0.717, 1.165) is 0 Å². The van der Waals surface area contributed by atoms with Crippen LogP contribution in [0.2, 0.25) is 5.02 Å². The average Bonchev–Trinajstić information content (AvgIpc) is 2.49. The Kier molecular flexibility index (Phi) is 4.85. The van der Waals surface area contributed by atoms with Crippen molar-refractivity contribution in [2.45, 2.75) is 20.3 Å². The molecule has 0 N–H and O–H groups in total. The maximum absolute atomic E-state index is 13.2. The average molecular weight is 309 g/mol. The Morgan fingerprint density at radius 3 is 2.76 bits per heavy atom. The molecule has 1 aromatic heterocycles. The maximum atomic E-state index is 13.2. The molecule has 0 spiro atoms. The predicted octanol–water partition coefficient (Wildman–Crippen LogP) is 3.68. The number of hydrogen-bond donors (Lipinski definition) is 0. The first-order chi connectivity index (χ1) is 10.1. The minimum absolute atomic E-state index is 0.00335. The van der Waals surface area contributed by atoms with E-state index >= 15 is 0 Å². The molecule has 4 nitrogen and oxygen atoms in total. The maximum Gasteiger partial charge on any atom is 0.341 e. The Labute approximate surface area is 126 Å². The Bertz CT molecular complexity index is 677. The summed E-state index contributed by atoms with van der Waals surface area (Å²) >= 11 is 5.76. The Balaban J connectivity index is 2.42. The number of carbonyl (C=O) groups excluding carboxylic acids is 1. The fourth-order valence-electron chi connectivity index (χ4n) is 1.84. The van der Waals surface area contributed by atoms with Gasteiger partial charge >= 0.3 is 5.97 Å². The van der Waals surface area contributed by atoms with Gasteiger partial charge in [-0.2, -0.15) is 0 Å². The second-order valence-electron chi connectivity index (χ2n) is 4.26. The normalized spacial score (nSPS) is 10.5. The van der Waals surface area contributed by atoms with Gasteiger partial charge in [-0.25, -0.2) is 19.2 Å². The lowest BCUT2D eigenvalue weighted by Gasteiger charge is -2.08. The van der Waals surface area contributed by atoms with Crippen molar-refractivity contribution in [3.8, 4) is 11.4 Å². The van der Waals surface area contributed by atoms with Crippen LogP contribution in [0.4, 0.5) is 4.39 Å². The van der Waals surface area contributed by atoms with Crippen LogP contribution in [0.25, 0.3) is 11.4 Å². The first-order valence-electron chi connectivity index (χ1n) is 6.55. The number of hydrogen-bond acceptors (Lipinski definition) is 4. The summed E-state index contributed by atoms with van der Waals surface area (Å²) < 4.78 is 18.1. The molecule has 0 aliphatic carbocycles. The lowest BCUT2D eigenvalue weighted by molar-refractivity contribution is 0.0524. The highest BCUT2D eigenvalue weighted by Crippen LogP contribution is 2.23. The van der Waals surface area contributed by atoms with E-state index in [4.69, 9.17) is 16.3 Å².